The maximum absolute atomic E-state index is 12.9. The second kappa shape index (κ2) is 9.34. The number of amides is 2. The number of thioether (sulfide) groups is 1. The normalized spacial score (nSPS) is 22.4. The van der Waals surface area contributed by atoms with Gasteiger partial charge in [0.05, 0.1) is 4.92 Å². The molecule has 0 bridgehead atoms. The van der Waals surface area contributed by atoms with Crippen molar-refractivity contribution in [1.82, 2.24) is 10.2 Å². The Morgan fingerprint density at radius 1 is 1.15 bits per heavy atom. The Balaban J connectivity index is 1.33. The van der Waals surface area contributed by atoms with Crippen molar-refractivity contribution in [3.05, 3.63) is 70.3 Å². The van der Waals surface area contributed by atoms with Crippen LogP contribution in [-0.4, -0.2) is 56.4 Å². The number of para-hydroxylation sites is 1. The summed E-state index contributed by atoms with van der Waals surface area (Å²) in [5.41, 5.74) is 0.539. The predicted octanol–water partition coefficient (Wildman–Crippen LogP) is 2.26. The first-order valence-electron chi connectivity index (χ1n) is 10.5. The summed E-state index contributed by atoms with van der Waals surface area (Å²) in [5, 5.41) is 13.1. The summed E-state index contributed by atoms with van der Waals surface area (Å²) in [6.45, 7) is 3.39. The van der Waals surface area contributed by atoms with Crippen LogP contribution < -0.4 is 10.1 Å². The second-order valence-electron chi connectivity index (χ2n) is 8.44. The molecule has 0 aliphatic carbocycles. The number of ether oxygens (including phenoxy) is 2. The molecule has 1 N–H and O–H groups in total. The van der Waals surface area contributed by atoms with Crippen molar-refractivity contribution in [3.63, 3.8) is 0 Å². The van der Waals surface area contributed by atoms with Gasteiger partial charge in [-0.15, -0.1) is 11.8 Å². The van der Waals surface area contributed by atoms with Crippen molar-refractivity contribution in [2.75, 3.05) is 6.61 Å². The van der Waals surface area contributed by atoms with E-state index in [0.717, 1.165) is 0 Å². The molecule has 2 heterocycles. The zero-order valence-corrected chi connectivity index (χ0v) is 19.3. The van der Waals surface area contributed by atoms with Crippen LogP contribution in [0.25, 0.3) is 0 Å². The molecular weight excluding hydrogens is 462 g/mol. The molecule has 0 radical (unpaired) electrons. The molecule has 4 rings (SSSR count). The van der Waals surface area contributed by atoms with Crippen LogP contribution in [-0.2, 0) is 25.7 Å². The Morgan fingerprint density at radius 3 is 2.47 bits per heavy atom. The highest BCUT2D eigenvalue weighted by Crippen LogP contribution is 2.51. The largest absolute Gasteiger partial charge is 0.484 e. The number of hydrogen-bond acceptors (Lipinski definition) is 8. The molecule has 2 unspecified atom stereocenters. The summed E-state index contributed by atoms with van der Waals surface area (Å²) in [7, 11) is 0. The number of carbonyl (C=O) groups is 3. The molecule has 2 aromatic carbocycles. The summed E-state index contributed by atoms with van der Waals surface area (Å²) < 4.78 is 10.2. The monoisotopic (exact) mass is 485 g/mol. The van der Waals surface area contributed by atoms with Crippen LogP contribution >= 0.6 is 11.8 Å². The maximum atomic E-state index is 12.9. The zero-order chi connectivity index (χ0) is 24.5. The molecule has 2 amide bonds. The van der Waals surface area contributed by atoms with E-state index < -0.39 is 33.6 Å². The number of benzene rings is 2. The number of nitro benzene ring substituents is 1. The number of fused-ring (bicyclic) bond motifs is 1. The molecule has 2 saturated heterocycles. The van der Waals surface area contributed by atoms with E-state index in [1.54, 1.807) is 24.3 Å². The van der Waals surface area contributed by atoms with Crippen molar-refractivity contribution in [3.8, 4) is 5.75 Å². The van der Waals surface area contributed by atoms with Crippen LogP contribution in [0, 0.1) is 10.1 Å². The highest BCUT2D eigenvalue weighted by molar-refractivity contribution is 8.01. The third kappa shape index (κ3) is 4.69. The molecule has 2 aromatic rings. The molecule has 11 heteroatoms. The number of nitro groups is 1. The molecule has 0 aromatic heterocycles. The fourth-order valence-electron chi connectivity index (χ4n) is 3.95. The number of non-ortho nitro benzene ring substituents is 1. The first kappa shape index (κ1) is 23.6. The van der Waals surface area contributed by atoms with E-state index in [2.05, 4.69) is 5.32 Å². The van der Waals surface area contributed by atoms with E-state index in [1.165, 1.54) is 40.9 Å². The number of rotatable bonds is 8. The van der Waals surface area contributed by atoms with Crippen molar-refractivity contribution in [2.24, 2.45) is 0 Å². The van der Waals surface area contributed by atoms with Crippen LogP contribution in [0.15, 0.2) is 54.6 Å². The van der Waals surface area contributed by atoms with E-state index in [-0.39, 0.29) is 30.2 Å². The fraction of sp³-hybridized carbons (Fsp3) is 0.348. The molecule has 10 nitrogen and oxygen atoms in total. The zero-order valence-electron chi connectivity index (χ0n) is 18.5. The van der Waals surface area contributed by atoms with E-state index >= 15 is 0 Å². The smallest absolute Gasteiger partial charge is 0.330 e. The summed E-state index contributed by atoms with van der Waals surface area (Å²) in [4.78, 5) is 49.7. The topological polar surface area (TPSA) is 128 Å². The molecule has 0 spiro atoms. The molecule has 2 aliphatic rings. The minimum absolute atomic E-state index is 0.0559. The van der Waals surface area contributed by atoms with Gasteiger partial charge in [-0.25, -0.2) is 4.79 Å². The lowest BCUT2D eigenvalue weighted by Crippen LogP contribution is -2.71. The lowest BCUT2D eigenvalue weighted by atomic mass is 9.96. The fourth-order valence-corrected chi connectivity index (χ4v) is 5.58. The van der Waals surface area contributed by atoms with Crippen LogP contribution in [0.1, 0.15) is 19.4 Å². The van der Waals surface area contributed by atoms with Crippen molar-refractivity contribution in [2.45, 2.75) is 42.7 Å². The number of β-lactam (4-membered cyclic amide) rings is 1. The third-order valence-electron chi connectivity index (χ3n) is 5.62. The number of esters is 1. The molecule has 178 valence electrons. The first-order chi connectivity index (χ1) is 16.2. The van der Waals surface area contributed by atoms with Gasteiger partial charge in [-0.3, -0.25) is 19.7 Å². The molecule has 2 aliphatic heterocycles. The number of nitrogens with one attached hydrogen (secondary N) is 1. The van der Waals surface area contributed by atoms with E-state index in [0.29, 0.717) is 11.3 Å². The molecule has 2 fully saturated rings. The molecule has 34 heavy (non-hydrogen) atoms. The van der Waals surface area contributed by atoms with Gasteiger partial charge in [0.15, 0.2) is 6.61 Å². The first-order valence-corrected chi connectivity index (χ1v) is 11.4. The summed E-state index contributed by atoms with van der Waals surface area (Å²) in [5.74, 6) is -0.798. The van der Waals surface area contributed by atoms with Crippen molar-refractivity contribution in [1.29, 1.82) is 0 Å². The van der Waals surface area contributed by atoms with Gasteiger partial charge in [0.2, 0.25) is 5.91 Å². The van der Waals surface area contributed by atoms with Crippen LogP contribution in [0.5, 0.6) is 5.75 Å². The quantitative estimate of drug-likeness (QED) is 0.261. The standard InChI is InChI=1S/C23H23N3O7S/c1-23(2)19(22(29)33-12-14-8-10-15(11-9-14)26(30)31)25-20(28)18(21(25)34-23)24-17(27)13-32-16-6-4-3-5-7-16/h3-11,18-19,21H,12-13H2,1-2H3,(H,24,27)/t18?,19?,21-/m0/s1. The van der Waals surface area contributed by atoms with Crippen molar-refractivity contribution < 1.29 is 28.8 Å². The summed E-state index contributed by atoms with van der Waals surface area (Å²) >= 11 is 1.42. The number of hydrogen-bond donors (Lipinski definition) is 1. The Bertz CT molecular complexity index is 1110. The molecular formula is C23H23N3O7S. The average Bonchev–Trinajstić information content (AvgIpc) is 3.08. The third-order valence-corrected chi connectivity index (χ3v) is 7.19. The Morgan fingerprint density at radius 2 is 1.82 bits per heavy atom. The SMILES string of the molecule is CC1(C)S[C@H]2C(NC(=O)COc3ccccc3)C(=O)N2C1C(=O)OCc1ccc([N+](=O)[O-])cc1. The van der Waals surface area contributed by atoms with Gasteiger partial charge in [0.1, 0.15) is 29.8 Å². The van der Waals surface area contributed by atoms with Crippen LogP contribution in [0.3, 0.4) is 0 Å². The highest BCUT2D eigenvalue weighted by Gasteiger charge is 2.64. The minimum atomic E-state index is -0.818. The molecule has 3 atom stereocenters. The summed E-state index contributed by atoms with van der Waals surface area (Å²) in [6.07, 6.45) is 0. The van der Waals surface area contributed by atoms with Gasteiger partial charge >= 0.3 is 5.97 Å². The minimum Gasteiger partial charge on any atom is -0.484 e. The Hall–Kier alpha value is -3.60. The van der Waals surface area contributed by atoms with E-state index in [9.17, 15) is 24.5 Å². The van der Waals surface area contributed by atoms with E-state index in [1.807, 2.05) is 19.9 Å². The lowest BCUT2D eigenvalue weighted by molar-refractivity contribution is -0.384. The Kier molecular flexibility index (Phi) is 6.47. The lowest BCUT2D eigenvalue weighted by Gasteiger charge is -2.43. The second-order valence-corrected chi connectivity index (χ2v) is 10.2. The van der Waals surface area contributed by atoms with Gasteiger partial charge in [0.25, 0.3) is 11.6 Å². The van der Waals surface area contributed by atoms with Crippen LogP contribution in [0.4, 0.5) is 5.69 Å². The predicted molar refractivity (Wildman–Crippen MR) is 123 cm³/mol. The van der Waals surface area contributed by atoms with Gasteiger partial charge in [-0.2, -0.15) is 0 Å². The van der Waals surface area contributed by atoms with Gasteiger partial charge in [-0.1, -0.05) is 18.2 Å². The van der Waals surface area contributed by atoms with E-state index in [4.69, 9.17) is 9.47 Å². The Labute approximate surface area is 199 Å². The van der Waals surface area contributed by atoms with Crippen molar-refractivity contribution >= 4 is 35.2 Å². The maximum Gasteiger partial charge on any atom is 0.330 e. The summed E-state index contributed by atoms with van der Waals surface area (Å²) in [6, 6.07) is 13.0. The number of carbonyl (C=O) groups excluding carboxylic acids is 3. The average molecular weight is 486 g/mol. The van der Waals surface area contributed by atoms with Crippen LogP contribution in [0.2, 0.25) is 0 Å². The van der Waals surface area contributed by atoms with Gasteiger partial charge in [-0.05, 0) is 43.7 Å². The molecule has 0 saturated carbocycles. The number of nitrogens with zero attached hydrogens (tertiary/aromatic N) is 2. The highest BCUT2D eigenvalue weighted by atomic mass is 32.2. The van der Waals surface area contributed by atoms with Gasteiger partial charge < -0.3 is 19.7 Å². The van der Waals surface area contributed by atoms with Gasteiger partial charge in [0, 0.05) is 16.9 Å².